The SMILES string of the molecule is N#Cc1cn(CCCn2cccn2)c(=O)[nH]c1=O. The number of nitriles is 1. The third kappa shape index (κ3) is 2.55. The first-order chi connectivity index (χ1) is 8.70. The minimum absolute atomic E-state index is 0.0614. The summed E-state index contributed by atoms with van der Waals surface area (Å²) in [5.41, 5.74) is -1.21. The van der Waals surface area contributed by atoms with Gasteiger partial charge < -0.3 is 0 Å². The summed E-state index contributed by atoms with van der Waals surface area (Å²) in [6.07, 6.45) is 5.47. The van der Waals surface area contributed by atoms with Crippen LogP contribution in [0.3, 0.4) is 0 Å². The van der Waals surface area contributed by atoms with Crippen LogP contribution in [0.4, 0.5) is 0 Å². The van der Waals surface area contributed by atoms with Crippen LogP contribution in [0.15, 0.2) is 34.2 Å². The minimum Gasteiger partial charge on any atom is -0.299 e. The topological polar surface area (TPSA) is 96.5 Å². The van der Waals surface area contributed by atoms with E-state index in [0.29, 0.717) is 19.5 Å². The highest BCUT2D eigenvalue weighted by Gasteiger charge is 2.03. The van der Waals surface area contributed by atoms with Crippen molar-refractivity contribution >= 4 is 0 Å². The van der Waals surface area contributed by atoms with Crippen LogP contribution in [0.5, 0.6) is 0 Å². The lowest BCUT2D eigenvalue weighted by Crippen LogP contribution is -2.31. The Balaban J connectivity index is 2.08. The Bertz CT molecular complexity index is 675. The molecule has 0 saturated heterocycles. The summed E-state index contributed by atoms with van der Waals surface area (Å²) in [5.74, 6) is 0. The van der Waals surface area contributed by atoms with Gasteiger partial charge in [-0.2, -0.15) is 10.4 Å². The molecule has 0 atom stereocenters. The van der Waals surface area contributed by atoms with Crippen molar-refractivity contribution in [1.29, 1.82) is 5.26 Å². The van der Waals surface area contributed by atoms with Crippen LogP contribution in [-0.2, 0) is 13.1 Å². The summed E-state index contributed by atoms with van der Waals surface area (Å²) >= 11 is 0. The van der Waals surface area contributed by atoms with Crippen molar-refractivity contribution < 1.29 is 0 Å². The molecule has 0 aliphatic carbocycles. The molecule has 0 aliphatic heterocycles. The van der Waals surface area contributed by atoms with E-state index >= 15 is 0 Å². The molecule has 0 fully saturated rings. The molecule has 2 aromatic heterocycles. The number of aromatic amines is 1. The van der Waals surface area contributed by atoms with Gasteiger partial charge in [0.15, 0.2) is 0 Å². The summed E-state index contributed by atoms with van der Waals surface area (Å²) in [4.78, 5) is 24.8. The second-order valence-corrected chi connectivity index (χ2v) is 3.73. The number of hydrogen-bond donors (Lipinski definition) is 1. The molecule has 0 bridgehead atoms. The van der Waals surface area contributed by atoms with Crippen molar-refractivity contribution in [3.8, 4) is 6.07 Å². The van der Waals surface area contributed by atoms with Gasteiger partial charge in [0.2, 0.25) is 0 Å². The van der Waals surface area contributed by atoms with E-state index in [1.54, 1.807) is 16.9 Å². The Morgan fingerprint density at radius 3 is 2.89 bits per heavy atom. The molecule has 2 rings (SSSR count). The summed E-state index contributed by atoms with van der Waals surface area (Å²) < 4.78 is 3.07. The van der Waals surface area contributed by atoms with E-state index in [9.17, 15) is 9.59 Å². The molecule has 2 aromatic rings. The van der Waals surface area contributed by atoms with E-state index in [0.717, 1.165) is 0 Å². The molecule has 2 heterocycles. The third-order valence-corrected chi connectivity index (χ3v) is 2.48. The Morgan fingerprint density at radius 2 is 2.22 bits per heavy atom. The summed E-state index contributed by atoms with van der Waals surface area (Å²) in [6.45, 7) is 1.09. The number of rotatable bonds is 4. The maximum atomic E-state index is 11.5. The highest BCUT2D eigenvalue weighted by atomic mass is 16.2. The molecular weight excluding hydrogens is 234 g/mol. The highest BCUT2D eigenvalue weighted by Crippen LogP contribution is 1.93. The van der Waals surface area contributed by atoms with Crippen LogP contribution < -0.4 is 11.2 Å². The fourth-order valence-electron chi connectivity index (χ4n) is 1.59. The van der Waals surface area contributed by atoms with Gasteiger partial charge in [0.25, 0.3) is 5.56 Å². The van der Waals surface area contributed by atoms with Gasteiger partial charge >= 0.3 is 5.69 Å². The van der Waals surface area contributed by atoms with Gasteiger partial charge in [-0.1, -0.05) is 0 Å². The monoisotopic (exact) mass is 245 g/mol. The lowest BCUT2D eigenvalue weighted by Gasteiger charge is -2.05. The molecule has 18 heavy (non-hydrogen) atoms. The van der Waals surface area contributed by atoms with Crippen LogP contribution in [0.2, 0.25) is 0 Å². The number of H-pyrrole nitrogens is 1. The Kier molecular flexibility index (Phi) is 3.38. The summed E-state index contributed by atoms with van der Waals surface area (Å²) in [7, 11) is 0. The van der Waals surface area contributed by atoms with E-state index < -0.39 is 11.2 Å². The average Bonchev–Trinajstić information content (AvgIpc) is 2.85. The standard InChI is InChI=1S/C11H11N5O2/c12-7-9-8-15(11(18)14-10(9)17)4-2-6-16-5-1-3-13-16/h1,3,5,8H,2,4,6H2,(H,14,17,18). The quantitative estimate of drug-likeness (QED) is 0.799. The van der Waals surface area contributed by atoms with E-state index in [2.05, 4.69) is 10.1 Å². The largest absolute Gasteiger partial charge is 0.328 e. The fraction of sp³-hybridized carbons (Fsp3) is 0.273. The van der Waals surface area contributed by atoms with Gasteiger partial charge in [-0.05, 0) is 12.5 Å². The maximum Gasteiger partial charge on any atom is 0.328 e. The molecular formula is C11H11N5O2. The molecule has 0 saturated carbocycles. The molecule has 0 spiro atoms. The highest BCUT2D eigenvalue weighted by molar-refractivity contribution is 5.21. The summed E-state index contributed by atoms with van der Waals surface area (Å²) in [5, 5.41) is 12.7. The first kappa shape index (κ1) is 11.9. The zero-order chi connectivity index (χ0) is 13.0. The van der Waals surface area contributed by atoms with E-state index in [1.807, 2.05) is 12.3 Å². The molecule has 0 radical (unpaired) electrons. The van der Waals surface area contributed by atoms with Crippen molar-refractivity contribution in [3.05, 3.63) is 51.1 Å². The van der Waals surface area contributed by atoms with Crippen LogP contribution >= 0.6 is 0 Å². The number of nitrogens with zero attached hydrogens (tertiary/aromatic N) is 4. The van der Waals surface area contributed by atoms with Crippen molar-refractivity contribution in [2.75, 3.05) is 0 Å². The van der Waals surface area contributed by atoms with Crippen molar-refractivity contribution in [1.82, 2.24) is 19.3 Å². The molecule has 0 aliphatic rings. The molecule has 7 heteroatoms. The van der Waals surface area contributed by atoms with Gasteiger partial charge in [-0.15, -0.1) is 0 Å². The summed E-state index contributed by atoms with van der Waals surface area (Å²) in [6, 6.07) is 3.57. The predicted octanol–water partition coefficient (Wildman–Crippen LogP) is -0.305. The predicted molar refractivity (Wildman–Crippen MR) is 62.9 cm³/mol. The molecule has 92 valence electrons. The average molecular weight is 245 g/mol. The van der Waals surface area contributed by atoms with E-state index in [4.69, 9.17) is 5.26 Å². The lowest BCUT2D eigenvalue weighted by molar-refractivity contribution is 0.513. The normalized spacial score (nSPS) is 10.2. The second kappa shape index (κ2) is 5.14. The van der Waals surface area contributed by atoms with Crippen molar-refractivity contribution in [2.24, 2.45) is 0 Å². The first-order valence-corrected chi connectivity index (χ1v) is 5.42. The van der Waals surface area contributed by atoms with Crippen LogP contribution in [0, 0.1) is 11.3 Å². The van der Waals surface area contributed by atoms with Gasteiger partial charge in [-0.25, -0.2) is 4.79 Å². The van der Waals surface area contributed by atoms with Gasteiger partial charge in [0.05, 0.1) is 0 Å². The van der Waals surface area contributed by atoms with E-state index in [-0.39, 0.29) is 5.56 Å². The Morgan fingerprint density at radius 1 is 1.39 bits per heavy atom. The van der Waals surface area contributed by atoms with Crippen LogP contribution in [-0.4, -0.2) is 19.3 Å². The zero-order valence-electron chi connectivity index (χ0n) is 9.54. The lowest BCUT2D eigenvalue weighted by atomic mass is 10.3. The second-order valence-electron chi connectivity index (χ2n) is 3.73. The smallest absolute Gasteiger partial charge is 0.299 e. The van der Waals surface area contributed by atoms with E-state index in [1.165, 1.54) is 10.8 Å². The van der Waals surface area contributed by atoms with Gasteiger partial charge in [0.1, 0.15) is 11.6 Å². The van der Waals surface area contributed by atoms with Gasteiger partial charge in [-0.3, -0.25) is 19.0 Å². The number of aromatic nitrogens is 4. The van der Waals surface area contributed by atoms with Crippen molar-refractivity contribution in [2.45, 2.75) is 19.5 Å². The van der Waals surface area contributed by atoms with Crippen LogP contribution in [0.1, 0.15) is 12.0 Å². The van der Waals surface area contributed by atoms with Crippen LogP contribution in [0.25, 0.3) is 0 Å². The van der Waals surface area contributed by atoms with Gasteiger partial charge in [0, 0.05) is 31.7 Å². The molecule has 7 nitrogen and oxygen atoms in total. The molecule has 1 N–H and O–H groups in total. The molecule has 0 amide bonds. The first-order valence-electron chi connectivity index (χ1n) is 5.42. The molecule has 0 aromatic carbocycles. The Hall–Kier alpha value is -2.62. The number of nitrogens with one attached hydrogen (secondary N) is 1. The Labute approximate surface area is 102 Å². The van der Waals surface area contributed by atoms with Crippen molar-refractivity contribution in [3.63, 3.8) is 0 Å². The zero-order valence-corrected chi connectivity index (χ0v) is 9.54. The molecule has 0 unspecified atom stereocenters. The fourth-order valence-corrected chi connectivity index (χ4v) is 1.59. The maximum absolute atomic E-state index is 11.5. The number of aryl methyl sites for hydroxylation is 2. The minimum atomic E-state index is -0.647. The third-order valence-electron chi connectivity index (χ3n) is 2.48. The number of hydrogen-bond acceptors (Lipinski definition) is 4.